The molecule has 0 aliphatic carbocycles. The van der Waals surface area contributed by atoms with Crippen LogP contribution in [-0.4, -0.2) is 0 Å². The van der Waals surface area contributed by atoms with Gasteiger partial charge in [0.15, 0.2) is 0 Å². The maximum atomic E-state index is 3.78. The van der Waals surface area contributed by atoms with Crippen LogP contribution in [0.15, 0.2) is 49.0 Å². The number of fused-ring (bicyclic) bond motifs is 1. The predicted molar refractivity (Wildman–Crippen MR) is 56.2 cm³/mol. The first-order chi connectivity index (χ1) is 5.92. The van der Waals surface area contributed by atoms with Gasteiger partial charge in [0.25, 0.3) is 0 Å². The summed E-state index contributed by atoms with van der Waals surface area (Å²) in [5.74, 6) is 0. The second-order valence-electron chi connectivity index (χ2n) is 2.77. The second-order valence-corrected chi connectivity index (χ2v) is 2.77. The highest BCUT2D eigenvalue weighted by molar-refractivity contribution is 5.90. The Hall–Kier alpha value is -1.56. The SMILES string of the molecule is C=Cc1cccc2ccccc12.[HH]. The summed E-state index contributed by atoms with van der Waals surface area (Å²) in [5.41, 5.74) is 1.20. The molecular weight excluding hydrogens is 144 g/mol. The molecule has 0 fully saturated rings. The Balaban J connectivity index is 0.000000845. The topological polar surface area (TPSA) is 0 Å². The van der Waals surface area contributed by atoms with E-state index in [-0.39, 0.29) is 1.43 Å². The third-order valence-corrected chi connectivity index (χ3v) is 2.04. The van der Waals surface area contributed by atoms with Crippen molar-refractivity contribution in [3.8, 4) is 0 Å². The van der Waals surface area contributed by atoms with Crippen molar-refractivity contribution < 1.29 is 1.43 Å². The molecule has 0 aromatic heterocycles. The Morgan fingerprint density at radius 2 is 1.75 bits per heavy atom. The summed E-state index contributed by atoms with van der Waals surface area (Å²) in [6.45, 7) is 3.78. The van der Waals surface area contributed by atoms with Gasteiger partial charge in [-0.15, -0.1) is 0 Å². The third kappa shape index (κ3) is 1.02. The first-order valence-electron chi connectivity index (χ1n) is 4.02. The van der Waals surface area contributed by atoms with E-state index in [9.17, 15) is 0 Å². The zero-order valence-electron chi connectivity index (χ0n) is 6.83. The summed E-state index contributed by atoms with van der Waals surface area (Å²) >= 11 is 0. The van der Waals surface area contributed by atoms with Gasteiger partial charge in [0, 0.05) is 1.43 Å². The van der Waals surface area contributed by atoms with Crippen LogP contribution >= 0.6 is 0 Å². The monoisotopic (exact) mass is 156 g/mol. The Bertz CT molecular complexity index is 413. The Labute approximate surface area is 73.6 Å². The number of hydrogen-bond acceptors (Lipinski definition) is 0. The van der Waals surface area contributed by atoms with Crippen LogP contribution in [0.25, 0.3) is 16.8 Å². The van der Waals surface area contributed by atoms with Crippen LogP contribution < -0.4 is 0 Å². The molecular formula is C12H12. The minimum Gasteiger partial charge on any atom is -0.0984 e. The lowest BCUT2D eigenvalue weighted by atomic mass is 10.1. The Morgan fingerprint density at radius 1 is 1.00 bits per heavy atom. The van der Waals surface area contributed by atoms with Gasteiger partial charge in [-0.2, -0.15) is 0 Å². The fourth-order valence-corrected chi connectivity index (χ4v) is 1.43. The van der Waals surface area contributed by atoms with E-state index in [1.54, 1.807) is 0 Å². The van der Waals surface area contributed by atoms with Gasteiger partial charge in [0.05, 0.1) is 0 Å². The highest BCUT2D eigenvalue weighted by Crippen LogP contribution is 2.18. The normalized spacial score (nSPS) is 10.0. The third-order valence-electron chi connectivity index (χ3n) is 2.04. The first kappa shape index (κ1) is 7.11. The smallest absolute Gasteiger partial charge is 0 e. The lowest BCUT2D eigenvalue weighted by Gasteiger charge is -1.99. The van der Waals surface area contributed by atoms with Gasteiger partial charge in [0.1, 0.15) is 0 Å². The Morgan fingerprint density at radius 3 is 2.58 bits per heavy atom. The minimum absolute atomic E-state index is 0. The van der Waals surface area contributed by atoms with Crippen LogP contribution in [0, 0.1) is 0 Å². The molecule has 0 atom stereocenters. The standard InChI is InChI=1S/C12H10.H2/c1-2-10-7-5-8-11-6-3-4-9-12(10)11;/h2-9H,1H2;1H. The summed E-state index contributed by atoms with van der Waals surface area (Å²) in [4.78, 5) is 0. The van der Waals surface area contributed by atoms with E-state index in [1.165, 1.54) is 16.3 Å². The molecule has 0 unspecified atom stereocenters. The lowest BCUT2D eigenvalue weighted by molar-refractivity contribution is 1.72. The van der Waals surface area contributed by atoms with E-state index in [2.05, 4.69) is 49.0 Å². The molecule has 0 nitrogen and oxygen atoms in total. The molecule has 0 saturated heterocycles. The van der Waals surface area contributed by atoms with Crippen LogP contribution in [0.2, 0.25) is 0 Å². The molecule has 0 bridgehead atoms. The summed E-state index contributed by atoms with van der Waals surface area (Å²) < 4.78 is 0. The zero-order valence-corrected chi connectivity index (χ0v) is 6.83. The van der Waals surface area contributed by atoms with Gasteiger partial charge in [-0.3, -0.25) is 0 Å². The number of benzene rings is 2. The molecule has 0 N–H and O–H groups in total. The molecule has 0 saturated carbocycles. The number of hydrogen-bond donors (Lipinski definition) is 0. The van der Waals surface area contributed by atoms with E-state index < -0.39 is 0 Å². The molecule has 60 valence electrons. The minimum atomic E-state index is 0. The fraction of sp³-hybridized carbons (Fsp3) is 0. The maximum Gasteiger partial charge on any atom is 0 e. The highest BCUT2D eigenvalue weighted by atomic mass is 14.0. The van der Waals surface area contributed by atoms with E-state index in [4.69, 9.17) is 0 Å². The van der Waals surface area contributed by atoms with Crippen molar-refractivity contribution in [2.24, 2.45) is 0 Å². The van der Waals surface area contributed by atoms with Gasteiger partial charge >= 0.3 is 0 Å². The molecule has 0 aliphatic heterocycles. The van der Waals surface area contributed by atoms with Crippen molar-refractivity contribution >= 4 is 16.8 Å². The summed E-state index contributed by atoms with van der Waals surface area (Å²) in [7, 11) is 0. The van der Waals surface area contributed by atoms with E-state index >= 15 is 0 Å². The van der Waals surface area contributed by atoms with Crippen LogP contribution in [0.4, 0.5) is 0 Å². The lowest BCUT2D eigenvalue weighted by Crippen LogP contribution is -1.75. The molecule has 12 heavy (non-hydrogen) atoms. The fourth-order valence-electron chi connectivity index (χ4n) is 1.43. The average Bonchev–Trinajstić information content (AvgIpc) is 2.17. The highest BCUT2D eigenvalue weighted by Gasteiger charge is 1.93. The van der Waals surface area contributed by atoms with Gasteiger partial charge in [0.2, 0.25) is 0 Å². The van der Waals surface area contributed by atoms with Gasteiger partial charge in [-0.25, -0.2) is 0 Å². The van der Waals surface area contributed by atoms with Crippen LogP contribution in [0.3, 0.4) is 0 Å². The van der Waals surface area contributed by atoms with E-state index in [0.717, 1.165) is 0 Å². The predicted octanol–water partition coefficient (Wildman–Crippen LogP) is 3.73. The zero-order chi connectivity index (χ0) is 8.39. The molecule has 0 heterocycles. The second kappa shape index (κ2) is 2.82. The largest absolute Gasteiger partial charge is 0.0984 e. The molecule has 2 rings (SSSR count). The Kier molecular flexibility index (Phi) is 1.67. The summed E-state index contributed by atoms with van der Waals surface area (Å²) in [5, 5.41) is 2.55. The number of rotatable bonds is 1. The summed E-state index contributed by atoms with van der Waals surface area (Å²) in [6, 6.07) is 14.6. The van der Waals surface area contributed by atoms with Crippen molar-refractivity contribution in [3.05, 3.63) is 54.6 Å². The van der Waals surface area contributed by atoms with Crippen molar-refractivity contribution in [2.75, 3.05) is 0 Å². The van der Waals surface area contributed by atoms with Crippen LogP contribution in [-0.2, 0) is 0 Å². The average molecular weight is 156 g/mol. The summed E-state index contributed by atoms with van der Waals surface area (Å²) in [6.07, 6.45) is 1.89. The van der Waals surface area contributed by atoms with E-state index in [0.29, 0.717) is 0 Å². The maximum absolute atomic E-state index is 3.78. The van der Waals surface area contributed by atoms with Crippen LogP contribution in [0.5, 0.6) is 0 Å². The van der Waals surface area contributed by atoms with Crippen LogP contribution in [0.1, 0.15) is 6.99 Å². The van der Waals surface area contributed by atoms with Crippen molar-refractivity contribution in [3.63, 3.8) is 0 Å². The molecule has 0 heteroatoms. The molecule has 0 radical (unpaired) electrons. The molecule has 0 aliphatic rings. The molecule has 0 spiro atoms. The van der Waals surface area contributed by atoms with Crippen molar-refractivity contribution in [2.45, 2.75) is 0 Å². The van der Waals surface area contributed by atoms with Crippen molar-refractivity contribution in [1.29, 1.82) is 0 Å². The molecule has 2 aromatic rings. The van der Waals surface area contributed by atoms with Gasteiger partial charge < -0.3 is 0 Å². The van der Waals surface area contributed by atoms with Gasteiger partial charge in [-0.1, -0.05) is 55.1 Å². The first-order valence-corrected chi connectivity index (χ1v) is 4.02. The quantitative estimate of drug-likeness (QED) is 0.590. The van der Waals surface area contributed by atoms with Crippen molar-refractivity contribution in [1.82, 2.24) is 0 Å². The van der Waals surface area contributed by atoms with Gasteiger partial charge in [-0.05, 0) is 16.3 Å². The molecule has 2 aromatic carbocycles. The van der Waals surface area contributed by atoms with E-state index in [1.807, 2.05) is 6.08 Å². The molecule has 0 amide bonds.